The lowest BCUT2D eigenvalue weighted by Crippen LogP contribution is -2.47. The first-order chi connectivity index (χ1) is 15.5. The SMILES string of the molecule is Cc1ccccc1C(=O)NC1CCN(C(=O)CSc2nnc(-c3ccc(Cl)cc3)o2)CC1. The van der Waals surface area contributed by atoms with Crippen molar-refractivity contribution < 1.29 is 14.0 Å². The van der Waals surface area contributed by atoms with Crippen molar-refractivity contribution in [2.75, 3.05) is 18.8 Å². The second-order valence-corrected chi connectivity index (χ2v) is 8.98. The molecule has 1 fully saturated rings. The number of likely N-dealkylation sites (tertiary alicyclic amines) is 1. The summed E-state index contributed by atoms with van der Waals surface area (Å²) in [6, 6.07) is 14.7. The van der Waals surface area contributed by atoms with Crippen molar-refractivity contribution in [1.82, 2.24) is 20.4 Å². The van der Waals surface area contributed by atoms with Crippen LogP contribution in [0.15, 0.2) is 58.2 Å². The molecule has 0 aliphatic carbocycles. The van der Waals surface area contributed by atoms with E-state index in [9.17, 15) is 9.59 Å². The van der Waals surface area contributed by atoms with Gasteiger partial charge in [-0.15, -0.1) is 10.2 Å². The number of amides is 2. The van der Waals surface area contributed by atoms with Crippen LogP contribution in [-0.2, 0) is 4.79 Å². The van der Waals surface area contributed by atoms with Gasteiger partial charge in [-0.05, 0) is 55.7 Å². The quantitative estimate of drug-likeness (QED) is 0.543. The van der Waals surface area contributed by atoms with Crippen LogP contribution in [-0.4, -0.2) is 51.8 Å². The molecule has 32 heavy (non-hydrogen) atoms. The van der Waals surface area contributed by atoms with Gasteiger partial charge in [-0.2, -0.15) is 0 Å². The molecule has 0 radical (unpaired) electrons. The third-order valence-corrected chi connectivity index (χ3v) is 6.44. The van der Waals surface area contributed by atoms with Gasteiger partial charge in [0.1, 0.15) is 0 Å². The standard InChI is InChI=1S/C23H23ClN4O3S/c1-15-4-2-3-5-19(15)21(30)25-18-10-12-28(13-11-18)20(29)14-32-23-27-26-22(31-23)16-6-8-17(24)9-7-16/h2-9,18H,10-14H2,1H3,(H,25,30). The number of benzene rings is 2. The summed E-state index contributed by atoms with van der Waals surface area (Å²) in [5.74, 6) is 0.575. The predicted molar refractivity (Wildman–Crippen MR) is 124 cm³/mol. The van der Waals surface area contributed by atoms with Gasteiger partial charge in [-0.1, -0.05) is 41.6 Å². The number of thioether (sulfide) groups is 1. The normalized spacial score (nSPS) is 14.4. The Morgan fingerprint density at radius 3 is 2.56 bits per heavy atom. The maximum atomic E-state index is 12.6. The fourth-order valence-electron chi connectivity index (χ4n) is 3.56. The minimum atomic E-state index is -0.0590. The molecule has 0 bridgehead atoms. The second kappa shape index (κ2) is 10.2. The largest absolute Gasteiger partial charge is 0.411 e. The number of piperidine rings is 1. The van der Waals surface area contributed by atoms with Gasteiger partial charge in [-0.3, -0.25) is 9.59 Å². The molecule has 0 atom stereocenters. The third kappa shape index (κ3) is 5.49. The highest BCUT2D eigenvalue weighted by Gasteiger charge is 2.25. The monoisotopic (exact) mass is 470 g/mol. The van der Waals surface area contributed by atoms with Crippen molar-refractivity contribution >= 4 is 35.2 Å². The maximum absolute atomic E-state index is 12.6. The molecule has 3 aromatic rings. The van der Waals surface area contributed by atoms with Crippen LogP contribution in [0.1, 0.15) is 28.8 Å². The number of hydrogen-bond donors (Lipinski definition) is 1. The Kier molecular flexibility index (Phi) is 7.12. The van der Waals surface area contributed by atoms with Gasteiger partial charge in [0.15, 0.2) is 0 Å². The Bertz CT molecular complexity index is 1090. The first-order valence-electron chi connectivity index (χ1n) is 10.4. The topological polar surface area (TPSA) is 88.3 Å². The van der Waals surface area contributed by atoms with Gasteiger partial charge >= 0.3 is 0 Å². The first-order valence-corrected chi connectivity index (χ1v) is 11.7. The maximum Gasteiger partial charge on any atom is 0.277 e. The van der Waals surface area contributed by atoms with E-state index in [-0.39, 0.29) is 23.6 Å². The molecule has 2 amide bonds. The van der Waals surface area contributed by atoms with Crippen LogP contribution in [0.2, 0.25) is 5.02 Å². The Morgan fingerprint density at radius 2 is 1.84 bits per heavy atom. The number of rotatable bonds is 6. The molecule has 0 spiro atoms. The minimum absolute atomic E-state index is 0.0184. The zero-order valence-electron chi connectivity index (χ0n) is 17.6. The van der Waals surface area contributed by atoms with Gasteiger partial charge in [0, 0.05) is 35.3 Å². The van der Waals surface area contributed by atoms with Crippen molar-refractivity contribution in [3.8, 4) is 11.5 Å². The van der Waals surface area contributed by atoms with E-state index in [1.165, 1.54) is 11.8 Å². The minimum Gasteiger partial charge on any atom is -0.411 e. The average molecular weight is 471 g/mol. The Morgan fingerprint density at radius 1 is 1.12 bits per heavy atom. The number of aromatic nitrogens is 2. The molecule has 9 heteroatoms. The highest BCUT2D eigenvalue weighted by atomic mass is 35.5. The molecule has 1 aliphatic rings. The highest BCUT2D eigenvalue weighted by Crippen LogP contribution is 2.25. The summed E-state index contributed by atoms with van der Waals surface area (Å²) in [4.78, 5) is 26.9. The van der Waals surface area contributed by atoms with Crippen LogP contribution in [0, 0.1) is 6.92 Å². The van der Waals surface area contributed by atoms with Crippen molar-refractivity contribution in [1.29, 1.82) is 0 Å². The van der Waals surface area contributed by atoms with Crippen molar-refractivity contribution in [3.05, 3.63) is 64.7 Å². The number of carbonyl (C=O) groups excluding carboxylic acids is 2. The van der Waals surface area contributed by atoms with Crippen LogP contribution < -0.4 is 5.32 Å². The molecule has 2 aromatic carbocycles. The van der Waals surface area contributed by atoms with Gasteiger partial charge in [0.25, 0.3) is 11.1 Å². The van der Waals surface area contributed by atoms with Crippen molar-refractivity contribution in [2.45, 2.75) is 31.0 Å². The van der Waals surface area contributed by atoms with Gasteiger partial charge in [0.05, 0.1) is 5.75 Å². The third-order valence-electron chi connectivity index (χ3n) is 5.39. The van der Waals surface area contributed by atoms with Gasteiger partial charge in [-0.25, -0.2) is 0 Å². The summed E-state index contributed by atoms with van der Waals surface area (Å²) < 4.78 is 5.64. The summed E-state index contributed by atoms with van der Waals surface area (Å²) in [6.07, 6.45) is 1.46. The summed E-state index contributed by atoms with van der Waals surface area (Å²) in [5, 5.41) is 12.1. The molecule has 166 valence electrons. The number of aryl methyl sites for hydroxylation is 1. The molecule has 7 nitrogen and oxygen atoms in total. The zero-order valence-corrected chi connectivity index (χ0v) is 19.2. The van der Waals surface area contributed by atoms with Gasteiger partial charge in [0.2, 0.25) is 11.8 Å². The number of nitrogens with one attached hydrogen (secondary N) is 1. The molecular weight excluding hydrogens is 448 g/mol. The summed E-state index contributed by atoms with van der Waals surface area (Å²) in [7, 11) is 0. The molecule has 0 unspecified atom stereocenters. The summed E-state index contributed by atoms with van der Waals surface area (Å²) in [6.45, 7) is 3.14. The van der Waals surface area contributed by atoms with E-state index in [4.69, 9.17) is 16.0 Å². The second-order valence-electron chi connectivity index (χ2n) is 7.61. The van der Waals surface area contributed by atoms with Crippen LogP contribution in [0.3, 0.4) is 0 Å². The molecule has 0 saturated carbocycles. The number of halogens is 1. The fourth-order valence-corrected chi connectivity index (χ4v) is 4.35. The number of hydrogen-bond acceptors (Lipinski definition) is 6. The van der Waals surface area contributed by atoms with Crippen LogP contribution >= 0.6 is 23.4 Å². The van der Waals surface area contributed by atoms with Crippen LogP contribution in [0.25, 0.3) is 11.5 Å². The lowest BCUT2D eigenvalue weighted by molar-refractivity contribution is -0.129. The van der Waals surface area contributed by atoms with E-state index in [1.807, 2.05) is 36.1 Å². The highest BCUT2D eigenvalue weighted by molar-refractivity contribution is 7.99. The zero-order chi connectivity index (χ0) is 22.5. The van der Waals surface area contributed by atoms with E-state index < -0.39 is 0 Å². The average Bonchev–Trinajstić information content (AvgIpc) is 3.28. The lowest BCUT2D eigenvalue weighted by Gasteiger charge is -2.32. The van der Waals surface area contributed by atoms with E-state index in [1.54, 1.807) is 24.3 Å². The molecule has 4 rings (SSSR count). The smallest absolute Gasteiger partial charge is 0.277 e. The van der Waals surface area contributed by atoms with E-state index in [2.05, 4.69) is 15.5 Å². The number of nitrogens with zero attached hydrogens (tertiary/aromatic N) is 3. The van der Waals surface area contributed by atoms with Crippen molar-refractivity contribution in [3.63, 3.8) is 0 Å². The summed E-state index contributed by atoms with van der Waals surface area (Å²) >= 11 is 7.12. The molecule has 1 aromatic heterocycles. The molecule has 1 saturated heterocycles. The number of carbonyl (C=O) groups is 2. The van der Waals surface area contributed by atoms with Crippen molar-refractivity contribution in [2.24, 2.45) is 0 Å². The molecule has 1 N–H and O–H groups in total. The van der Waals surface area contributed by atoms with Gasteiger partial charge < -0.3 is 14.6 Å². The first kappa shape index (κ1) is 22.4. The van der Waals surface area contributed by atoms with E-state index >= 15 is 0 Å². The molecule has 1 aliphatic heterocycles. The Hall–Kier alpha value is -2.84. The summed E-state index contributed by atoms with van der Waals surface area (Å²) in [5.41, 5.74) is 2.42. The predicted octanol–water partition coefficient (Wildman–Crippen LogP) is 4.21. The van der Waals surface area contributed by atoms with Crippen LogP contribution in [0.4, 0.5) is 0 Å². The Labute approximate surface area is 195 Å². The Balaban J connectivity index is 1.23. The van der Waals surface area contributed by atoms with E-state index in [0.29, 0.717) is 34.8 Å². The van der Waals surface area contributed by atoms with Crippen LogP contribution in [0.5, 0.6) is 0 Å². The lowest BCUT2D eigenvalue weighted by atomic mass is 10.0. The molecular formula is C23H23ClN4O3S. The fraction of sp³-hybridized carbons (Fsp3) is 0.304. The molecule has 2 heterocycles. The van der Waals surface area contributed by atoms with E-state index in [0.717, 1.165) is 24.0 Å².